The van der Waals surface area contributed by atoms with Crippen molar-refractivity contribution in [1.82, 2.24) is 0 Å². The quantitative estimate of drug-likeness (QED) is 0.167. The molecule has 0 radical (unpaired) electrons. The molecule has 0 fully saturated rings. The summed E-state index contributed by atoms with van der Waals surface area (Å²) in [6.45, 7) is 4.97. The van der Waals surface area contributed by atoms with Crippen LogP contribution in [-0.4, -0.2) is 8.07 Å². The Hall–Kier alpha value is -4.94. The maximum atomic E-state index is 6.51. The highest BCUT2D eigenvalue weighted by molar-refractivity contribution is 8.00. The van der Waals surface area contributed by atoms with Gasteiger partial charge in [0.1, 0.15) is 19.6 Å². The van der Waals surface area contributed by atoms with Crippen molar-refractivity contribution in [2.45, 2.75) is 32.7 Å². The third-order valence-corrected chi connectivity index (χ3v) is 15.8. The van der Waals surface area contributed by atoms with Gasteiger partial charge in [-0.15, -0.1) is 0 Å². The molecule has 0 spiro atoms. The number of hydrogen-bond acceptors (Lipinski definition) is 4. The first-order chi connectivity index (χ1) is 24.0. The lowest BCUT2D eigenvalue weighted by molar-refractivity contribution is 0.456. The molecule has 0 saturated carbocycles. The fourth-order valence-electron chi connectivity index (χ4n) is 7.05. The standard InChI is InChI=1S/C44H33NOS2Si/c1-49(2)41-20-9-8-18-39(41)48-44-36(15-11-21-42(44)49)45(33-26-22-31(23-27-33)30-12-4-3-5-13-30)34-28-24-32(25-29-34)35-14-10-19-40-43(35)46-37-16-6-7-17-38(37)47-40/h3-29H,1-2H3. The van der Waals surface area contributed by atoms with E-state index in [0.717, 1.165) is 43.8 Å². The number of hydrogen-bond donors (Lipinski definition) is 0. The van der Waals surface area contributed by atoms with Gasteiger partial charge in [0.2, 0.25) is 0 Å². The van der Waals surface area contributed by atoms with E-state index < -0.39 is 8.07 Å². The van der Waals surface area contributed by atoms with E-state index in [1.807, 2.05) is 23.9 Å². The molecule has 0 N–H and O–H groups in total. The molecular weight excluding hydrogens is 651 g/mol. The van der Waals surface area contributed by atoms with Crippen LogP contribution >= 0.6 is 23.5 Å². The van der Waals surface area contributed by atoms with Crippen molar-refractivity contribution in [2.24, 2.45) is 0 Å². The zero-order chi connectivity index (χ0) is 33.0. The van der Waals surface area contributed by atoms with Gasteiger partial charge in [-0.05, 0) is 81.7 Å². The van der Waals surface area contributed by atoms with Crippen LogP contribution in [0.5, 0.6) is 11.5 Å². The molecule has 49 heavy (non-hydrogen) atoms. The maximum Gasteiger partial charge on any atom is 0.149 e. The first-order valence-corrected chi connectivity index (χ1v) is 21.2. The lowest BCUT2D eigenvalue weighted by atomic mass is 10.0. The van der Waals surface area contributed by atoms with E-state index in [0.29, 0.717) is 0 Å². The van der Waals surface area contributed by atoms with Crippen molar-refractivity contribution in [3.05, 3.63) is 164 Å². The second-order valence-corrected chi connectivity index (χ2v) is 19.4. The SMILES string of the molecule is C[Si]1(C)c2ccccc2Sc2c(N(c3ccc(-c4ccccc4)cc3)c3ccc(-c4cccc5c4Oc4ccccc4S5)cc3)cccc21. The lowest BCUT2D eigenvalue weighted by Gasteiger charge is -2.36. The van der Waals surface area contributed by atoms with E-state index in [2.05, 4.69) is 170 Å². The predicted octanol–water partition coefficient (Wildman–Crippen LogP) is 12.0. The highest BCUT2D eigenvalue weighted by atomic mass is 32.2. The number of para-hydroxylation sites is 2. The zero-order valence-corrected chi connectivity index (χ0v) is 29.9. The molecule has 236 valence electrons. The van der Waals surface area contributed by atoms with Gasteiger partial charge in [0, 0.05) is 26.7 Å². The third kappa shape index (κ3) is 5.30. The molecule has 5 heteroatoms. The van der Waals surface area contributed by atoms with Gasteiger partial charge in [0.25, 0.3) is 0 Å². The Morgan fingerprint density at radius 1 is 0.469 bits per heavy atom. The van der Waals surface area contributed by atoms with Crippen LogP contribution in [0.15, 0.2) is 183 Å². The smallest absolute Gasteiger partial charge is 0.149 e. The summed E-state index contributed by atoms with van der Waals surface area (Å²) in [6.07, 6.45) is 0. The molecule has 7 aromatic rings. The minimum Gasteiger partial charge on any atom is -0.454 e. The Bertz CT molecular complexity index is 2340. The number of anilines is 3. The van der Waals surface area contributed by atoms with Crippen molar-refractivity contribution in [3.63, 3.8) is 0 Å². The predicted molar refractivity (Wildman–Crippen MR) is 210 cm³/mol. The topological polar surface area (TPSA) is 12.5 Å². The van der Waals surface area contributed by atoms with Crippen molar-refractivity contribution in [1.29, 1.82) is 0 Å². The van der Waals surface area contributed by atoms with E-state index in [1.54, 1.807) is 11.8 Å². The molecule has 0 amide bonds. The molecule has 2 aliphatic rings. The Morgan fingerprint density at radius 3 is 1.84 bits per heavy atom. The van der Waals surface area contributed by atoms with E-state index in [1.165, 1.54) is 37.0 Å². The summed E-state index contributed by atoms with van der Waals surface area (Å²) in [5.41, 5.74) is 8.12. The molecule has 2 nitrogen and oxygen atoms in total. The average molecular weight is 684 g/mol. The molecule has 2 aliphatic heterocycles. The van der Waals surface area contributed by atoms with E-state index >= 15 is 0 Å². The largest absolute Gasteiger partial charge is 0.454 e. The highest BCUT2D eigenvalue weighted by Crippen LogP contribution is 2.51. The second kappa shape index (κ2) is 12.2. The van der Waals surface area contributed by atoms with Crippen LogP contribution in [0.3, 0.4) is 0 Å². The van der Waals surface area contributed by atoms with Crippen LogP contribution < -0.4 is 20.0 Å². The first kappa shape index (κ1) is 30.1. The van der Waals surface area contributed by atoms with Crippen LogP contribution in [0.4, 0.5) is 17.1 Å². The average Bonchev–Trinajstić information content (AvgIpc) is 3.15. The van der Waals surface area contributed by atoms with E-state index in [4.69, 9.17) is 4.74 Å². The fraction of sp³-hybridized carbons (Fsp3) is 0.0455. The van der Waals surface area contributed by atoms with Gasteiger partial charge in [0.15, 0.2) is 0 Å². The minimum absolute atomic E-state index is 0.911. The molecule has 0 saturated heterocycles. The van der Waals surface area contributed by atoms with Gasteiger partial charge in [-0.3, -0.25) is 0 Å². The molecule has 0 bridgehead atoms. The van der Waals surface area contributed by atoms with Crippen LogP contribution in [0.2, 0.25) is 13.1 Å². The molecule has 0 aromatic heterocycles. The van der Waals surface area contributed by atoms with Crippen LogP contribution in [0.25, 0.3) is 22.3 Å². The molecule has 9 rings (SSSR count). The summed E-state index contributed by atoms with van der Waals surface area (Å²) < 4.78 is 6.51. The molecular formula is C44H33NOS2Si. The van der Waals surface area contributed by atoms with Crippen LogP contribution in [0.1, 0.15) is 0 Å². The Balaban J connectivity index is 1.15. The van der Waals surface area contributed by atoms with Crippen LogP contribution in [-0.2, 0) is 0 Å². The van der Waals surface area contributed by atoms with Gasteiger partial charge < -0.3 is 9.64 Å². The van der Waals surface area contributed by atoms with Crippen molar-refractivity contribution < 1.29 is 4.74 Å². The molecule has 0 unspecified atom stereocenters. The maximum absolute atomic E-state index is 6.51. The molecule has 7 aromatic carbocycles. The Labute approximate surface area is 297 Å². The third-order valence-electron chi connectivity index (χ3n) is 9.61. The fourth-order valence-corrected chi connectivity index (χ4v) is 13.6. The summed E-state index contributed by atoms with van der Waals surface area (Å²) in [7, 11) is -1.92. The van der Waals surface area contributed by atoms with E-state index in [-0.39, 0.29) is 0 Å². The lowest BCUT2D eigenvalue weighted by Crippen LogP contribution is -2.56. The van der Waals surface area contributed by atoms with Gasteiger partial charge >= 0.3 is 0 Å². The van der Waals surface area contributed by atoms with E-state index in [9.17, 15) is 0 Å². The van der Waals surface area contributed by atoms with Crippen molar-refractivity contribution in [3.8, 4) is 33.8 Å². The zero-order valence-electron chi connectivity index (χ0n) is 27.3. The summed E-state index contributed by atoms with van der Waals surface area (Å²) >= 11 is 3.68. The monoisotopic (exact) mass is 683 g/mol. The molecule has 0 atom stereocenters. The number of rotatable bonds is 5. The Kier molecular flexibility index (Phi) is 7.50. The minimum atomic E-state index is -1.92. The Morgan fingerprint density at radius 2 is 1.06 bits per heavy atom. The number of fused-ring (bicyclic) bond motifs is 4. The molecule has 0 aliphatic carbocycles. The van der Waals surface area contributed by atoms with Gasteiger partial charge in [-0.25, -0.2) is 0 Å². The summed E-state index contributed by atoms with van der Waals surface area (Å²) in [6, 6.07) is 59.2. The summed E-state index contributed by atoms with van der Waals surface area (Å²) in [4.78, 5) is 7.46. The van der Waals surface area contributed by atoms with Gasteiger partial charge in [0.05, 0.1) is 15.5 Å². The van der Waals surface area contributed by atoms with Crippen LogP contribution in [0, 0.1) is 0 Å². The molecule has 2 heterocycles. The van der Waals surface area contributed by atoms with Crippen molar-refractivity contribution >= 4 is 59.0 Å². The van der Waals surface area contributed by atoms with Gasteiger partial charge in [-0.1, -0.05) is 146 Å². The number of nitrogens with zero attached hydrogens (tertiary/aromatic N) is 1. The summed E-state index contributed by atoms with van der Waals surface area (Å²) in [5.74, 6) is 1.83. The normalized spacial score (nSPS) is 13.7. The second-order valence-electron chi connectivity index (χ2n) is 13.0. The number of benzene rings is 7. The first-order valence-electron chi connectivity index (χ1n) is 16.6. The number of ether oxygens (including phenoxy) is 1. The highest BCUT2D eigenvalue weighted by Gasteiger charge is 2.37. The van der Waals surface area contributed by atoms with Crippen molar-refractivity contribution in [2.75, 3.05) is 4.90 Å². The van der Waals surface area contributed by atoms with Gasteiger partial charge in [-0.2, -0.15) is 0 Å². The summed E-state index contributed by atoms with van der Waals surface area (Å²) in [5, 5.41) is 3.00.